The average molecular weight is 397 g/mol. The first kappa shape index (κ1) is 17.8. The summed E-state index contributed by atoms with van der Waals surface area (Å²) in [5.41, 5.74) is 7.19. The van der Waals surface area contributed by atoms with Gasteiger partial charge in [-0.1, -0.05) is 35.9 Å². The number of fused-ring (bicyclic) bond motifs is 1. The predicted octanol–water partition coefficient (Wildman–Crippen LogP) is 5.94. The molecule has 2 heterocycles. The van der Waals surface area contributed by atoms with Crippen molar-refractivity contribution in [1.82, 2.24) is 10.2 Å². The Hall–Kier alpha value is -2.63. The van der Waals surface area contributed by atoms with E-state index in [9.17, 15) is 4.79 Å². The Morgan fingerprint density at radius 3 is 2.48 bits per heavy atom. The molecule has 0 fully saturated rings. The van der Waals surface area contributed by atoms with Crippen LogP contribution in [-0.4, -0.2) is 21.3 Å². The molecule has 0 radical (unpaired) electrons. The number of aryl methyl sites for hydroxylation is 2. The number of halogens is 1. The van der Waals surface area contributed by atoms with Crippen LogP contribution in [0, 0.1) is 6.92 Å². The number of hydrogen-bond donors (Lipinski definition) is 2. The Bertz CT molecular complexity index is 1130. The normalized spacial score (nSPS) is 11.2. The van der Waals surface area contributed by atoms with E-state index < -0.39 is 5.97 Å². The third kappa shape index (κ3) is 3.48. The lowest BCUT2D eigenvalue weighted by Gasteiger charge is -2.08. The number of thiophene rings is 1. The third-order valence-electron chi connectivity index (χ3n) is 4.67. The van der Waals surface area contributed by atoms with Crippen LogP contribution in [0.15, 0.2) is 47.2 Å². The van der Waals surface area contributed by atoms with Crippen molar-refractivity contribution >= 4 is 39.8 Å². The summed E-state index contributed by atoms with van der Waals surface area (Å²) in [4.78, 5) is 10.9. The molecule has 0 saturated heterocycles. The predicted molar refractivity (Wildman–Crippen MR) is 111 cm³/mol. The zero-order valence-corrected chi connectivity index (χ0v) is 16.2. The Morgan fingerprint density at radius 1 is 1.15 bits per heavy atom. The fourth-order valence-corrected chi connectivity index (χ4v) is 4.35. The highest BCUT2D eigenvalue weighted by Crippen LogP contribution is 2.35. The summed E-state index contributed by atoms with van der Waals surface area (Å²) in [7, 11) is 0. The fraction of sp³-hybridized carbons (Fsp3) is 0.143. The van der Waals surface area contributed by atoms with Crippen LogP contribution in [0.3, 0.4) is 0 Å². The molecule has 0 atom stereocenters. The molecule has 2 aromatic carbocycles. The summed E-state index contributed by atoms with van der Waals surface area (Å²) in [5.74, 6) is -0.834. The first-order valence-electron chi connectivity index (χ1n) is 8.55. The van der Waals surface area contributed by atoms with E-state index in [2.05, 4.69) is 52.1 Å². The van der Waals surface area contributed by atoms with Gasteiger partial charge in [-0.05, 0) is 52.1 Å². The van der Waals surface area contributed by atoms with Gasteiger partial charge in [0.15, 0.2) is 0 Å². The zero-order valence-electron chi connectivity index (χ0n) is 14.6. The quantitative estimate of drug-likeness (QED) is 0.438. The number of aliphatic carboxylic acids is 1. The van der Waals surface area contributed by atoms with Gasteiger partial charge >= 0.3 is 5.97 Å². The van der Waals surface area contributed by atoms with Crippen molar-refractivity contribution in [2.75, 3.05) is 0 Å². The maximum atomic E-state index is 10.9. The molecule has 27 heavy (non-hydrogen) atoms. The minimum atomic E-state index is -0.834. The summed E-state index contributed by atoms with van der Waals surface area (Å²) >= 11 is 8.20. The molecule has 136 valence electrons. The molecule has 2 aromatic heterocycles. The molecule has 4 nitrogen and oxygen atoms in total. The van der Waals surface area contributed by atoms with Gasteiger partial charge in [0.1, 0.15) is 0 Å². The van der Waals surface area contributed by atoms with Gasteiger partial charge in [-0.15, -0.1) is 0 Å². The number of H-pyrrole nitrogens is 1. The SMILES string of the molecule is Cc1cscc1-c1ccc(-c2cc3c(CCC(=O)O)n[nH]c3cc2Cl)cc1. The topological polar surface area (TPSA) is 66.0 Å². The van der Waals surface area contributed by atoms with Crippen molar-refractivity contribution in [1.29, 1.82) is 0 Å². The maximum Gasteiger partial charge on any atom is 0.303 e. The Labute approximate surface area is 165 Å². The molecule has 0 unspecified atom stereocenters. The number of rotatable bonds is 5. The lowest BCUT2D eigenvalue weighted by molar-refractivity contribution is -0.136. The average Bonchev–Trinajstić information content (AvgIpc) is 3.25. The van der Waals surface area contributed by atoms with E-state index in [1.807, 2.05) is 12.1 Å². The molecule has 4 rings (SSSR count). The number of carboxylic acids is 1. The molecule has 2 N–H and O–H groups in total. The van der Waals surface area contributed by atoms with Crippen LogP contribution in [0.2, 0.25) is 5.02 Å². The third-order valence-corrected chi connectivity index (χ3v) is 5.84. The number of aromatic nitrogens is 2. The van der Waals surface area contributed by atoms with E-state index in [1.165, 1.54) is 16.7 Å². The zero-order chi connectivity index (χ0) is 19.0. The molecule has 0 aliphatic heterocycles. The second kappa shape index (κ2) is 7.18. The van der Waals surface area contributed by atoms with Crippen LogP contribution in [-0.2, 0) is 11.2 Å². The highest BCUT2D eigenvalue weighted by Gasteiger charge is 2.13. The lowest BCUT2D eigenvalue weighted by Crippen LogP contribution is -1.98. The first-order valence-corrected chi connectivity index (χ1v) is 9.87. The molecule has 0 spiro atoms. The van der Waals surface area contributed by atoms with E-state index in [-0.39, 0.29) is 6.42 Å². The molecule has 6 heteroatoms. The molecule has 0 amide bonds. The van der Waals surface area contributed by atoms with Crippen molar-refractivity contribution < 1.29 is 9.90 Å². The summed E-state index contributed by atoms with van der Waals surface area (Å²) in [5, 5.41) is 22.0. The number of hydrogen-bond acceptors (Lipinski definition) is 3. The second-order valence-electron chi connectivity index (χ2n) is 6.49. The largest absolute Gasteiger partial charge is 0.481 e. The van der Waals surface area contributed by atoms with Crippen LogP contribution in [0.1, 0.15) is 17.7 Å². The van der Waals surface area contributed by atoms with Gasteiger partial charge in [0.2, 0.25) is 0 Å². The van der Waals surface area contributed by atoms with E-state index in [1.54, 1.807) is 11.3 Å². The highest BCUT2D eigenvalue weighted by molar-refractivity contribution is 7.08. The number of nitrogens with one attached hydrogen (secondary N) is 1. The number of benzene rings is 2. The molecular weight excluding hydrogens is 380 g/mol. The van der Waals surface area contributed by atoms with Crippen LogP contribution >= 0.6 is 22.9 Å². The Balaban J connectivity index is 1.72. The highest BCUT2D eigenvalue weighted by atomic mass is 35.5. The van der Waals surface area contributed by atoms with Gasteiger partial charge in [-0.2, -0.15) is 16.4 Å². The smallest absolute Gasteiger partial charge is 0.303 e. The van der Waals surface area contributed by atoms with Gasteiger partial charge < -0.3 is 5.11 Å². The van der Waals surface area contributed by atoms with Gasteiger partial charge in [-0.25, -0.2) is 0 Å². The molecule has 0 saturated carbocycles. The Morgan fingerprint density at radius 2 is 1.85 bits per heavy atom. The number of carboxylic acid groups (broad SMARTS) is 1. The van der Waals surface area contributed by atoms with Crippen LogP contribution in [0.5, 0.6) is 0 Å². The number of carbonyl (C=O) groups is 1. The monoisotopic (exact) mass is 396 g/mol. The maximum absolute atomic E-state index is 10.9. The summed E-state index contributed by atoms with van der Waals surface area (Å²) in [6.45, 7) is 2.11. The molecule has 4 aromatic rings. The molecular formula is C21H17ClN2O2S. The van der Waals surface area contributed by atoms with E-state index in [4.69, 9.17) is 16.7 Å². The van der Waals surface area contributed by atoms with Crippen LogP contribution in [0.4, 0.5) is 0 Å². The summed E-state index contributed by atoms with van der Waals surface area (Å²) < 4.78 is 0. The van der Waals surface area contributed by atoms with Crippen molar-refractivity contribution in [3.05, 3.63) is 63.4 Å². The second-order valence-corrected chi connectivity index (χ2v) is 7.64. The van der Waals surface area contributed by atoms with Crippen LogP contribution < -0.4 is 0 Å². The van der Waals surface area contributed by atoms with Gasteiger partial charge in [-0.3, -0.25) is 9.89 Å². The van der Waals surface area contributed by atoms with Gasteiger partial charge in [0.05, 0.1) is 22.7 Å². The summed E-state index contributed by atoms with van der Waals surface area (Å²) in [6, 6.07) is 12.2. The van der Waals surface area contributed by atoms with E-state index in [0.717, 1.165) is 27.7 Å². The van der Waals surface area contributed by atoms with Gasteiger partial charge in [0.25, 0.3) is 0 Å². The minimum absolute atomic E-state index is 0.0482. The fourth-order valence-electron chi connectivity index (χ4n) is 3.22. The van der Waals surface area contributed by atoms with Gasteiger partial charge in [0, 0.05) is 17.4 Å². The number of nitrogens with zero attached hydrogens (tertiary/aromatic N) is 1. The lowest BCUT2D eigenvalue weighted by atomic mass is 9.98. The van der Waals surface area contributed by atoms with Crippen molar-refractivity contribution in [2.45, 2.75) is 19.8 Å². The molecule has 0 bridgehead atoms. The standard InChI is InChI=1S/C21H17ClN2O2S/c1-12-10-27-11-17(12)14-4-2-13(3-5-14)15-8-16-19(6-7-21(25)26)23-24-20(16)9-18(15)22/h2-5,8-11H,6-7H2,1H3,(H,23,24)(H,25,26). The number of aromatic amines is 1. The van der Waals surface area contributed by atoms with Crippen molar-refractivity contribution in [2.24, 2.45) is 0 Å². The van der Waals surface area contributed by atoms with E-state index in [0.29, 0.717) is 11.4 Å². The minimum Gasteiger partial charge on any atom is -0.481 e. The van der Waals surface area contributed by atoms with E-state index >= 15 is 0 Å². The van der Waals surface area contributed by atoms with Crippen molar-refractivity contribution in [3.8, 4) is 22.3 Å². The molecule has 0 aliphatic carbocycles. The molecule has 0 aliphatic rings. The van der Waals surface area contributed by atoms with Crippen molar-refractivity contribution in [3.63, 3.8) is 0 Å². The first-order chi connectivity index (χ1) is 13.0. The van der Waals surface area contributed by atoms with Crippen LogP contribution in [0.25, 0.3) is 33.2 Å². The Kier molecular flexibility index (Phi) is 4.72. The summed E-state index contributed by atoms with van der Waals surface area (Å²) in [6.07, 6.45) is 0.430.